The third kappa shape index (κ3) is 3.47. The second-order valence-corrected chi connectivity index (χ2v) is 4.91. The number of benzene rings is 1. The molecule has 0 amide bonds. The van der Waals surface area contributed by atoms with Gasteiger partial charge in [-0.1, -0.05) is 17.3 Å². The molecule has 1 aliphatic heterocycles. The molecule has 0 aliphatic carbocycles. The number of likely N-dealkylation sites (N-methyl/N-ethyl adjacent to an activating group) is 1. The van der Waals surface area contributed by atoms with Crippen molar-refractivity contribution < 1.29 is 14.6 Å². The van der Waals surface area contributed by atoms with Crippen LogP contribution in [0.4, 0.5) is 5.69 Å². The van der Waals surface area contributed by atoms with Crippen molar-refractivity contribution in [3.05, 3.63) is 51.7 Å². The fourth-order valence-electron chi connectivity index (χ4n) is 1.90. The lowest BCUT2D eigenvalue weighted by Crippen LogP contribution is -2.24. The molecule has 2 rings (SSSR count). The van der Waals surface area contributed by atoms with Gasteiger partial charge in [0.25, 0.3) is 5.69 Å². The zero-order chi connectivity index (χ0) is 16.1. The van der Waals surface area contributed by atoms with Crippen molar-refractivity contribution in [3.8, 4) is 0 Å². The van der Waals surface area contributed by atoms with E-state index in [1.54, 1.807) is 12.1 Å². The van der Waals surface area contributed by atoms with Gasteiger partial charge >= 0.3 is 5.97 Å². The van der Waals surface area contributed by atoms with Crippen molar-refractivity contribution in [3.63, 3.8) is 0 Å². The number of carbonyl (C=O) groups is 1. The summed E-state index contributed by atoms with van der Waals surface area (Å²) in [7, 11) is 3.86. The molecule has 8 heteroatoms. The quantitative estimate of drug-likeness (QED) is 0.276. The molecule has 1 aliphatic rings. The average Bonchev–Trinajstić information content (AvgIpc) is 2.84. The molecule has 0 bridgehead atoms. The van der Waals surface area contributed by atoms with Gasteiger partial charge in [-0.2, -0.15) is 0 Å². The number of para-hydroxylation sites is 1. The van der Waals surface area contributed by atoms with Crippen LogP contribution in [0.2, 0.25) is 0 Å². The van der Waals surface area contributed by atoms with Crippen molar-refractivity contribution in [1.29, 1.82) is 0 Å². The highest BCUT2D eigenvalue weighted by Crippen LogP contribution is 2.25. The number of rotatable bonds is 6. The molecule has 0 unspecified atom stereocenters. The smallest absolute Gasteiger partial charge is 0.369 e. The number of hydrogen-bond acceptors (Lipinski definition) is 7. The van der Waals surface area contributed by atoms with Gasteiger partial charge in [-0.05, 0) is 20.2 Å². The first kappa shape index (κ1) is 15.6. The Kier molecular flexibility index (Phi) is 4.84. The van der Waals surface area contributed by atoms with E-state index in [4.69, 9.17) is 0 Å². The summed E-state index contributed by atoms with van der Waals surface area (Å²) in [5.41, 5.74) is 0.459. The van der Waals surface area contributed by atoms with Crippen LogP contribution in [0.3, 0.4) is 0 Å². The summed E-state index contributed by atoms with van der Waals surface area (Å²) in [6.45, 7) is 1.39. The lowest BCUT2D eigenvalue weighted by atomic mass is 10.0. The second kappa shape index (κ2) is 6.81. The van der Waals surface area contributed by atoms with Gasteiger partial charge in [0, 0.05) is 25.4 Å². The van der Waals surface area contributed by atoms with E-state index in [-0.39, 0.29) is 22.5 Å². The number of nitrogens with zero attached hydrogens (tertiary/aromatic N) is 3. The molecule has 0 fully saturated rings. The van der Waals surface area contributed by atoms with Gasteiger partial charge in [0.1, 0.15) is 11.3 Å². The van der Waals surface area contributed by atoms with Gasteiger partial charge < -0.3 is 15.1 Å². The van der Waals surface area contributed by atoms with Crippen LogP contribution in [-0.2, 0) is 9.63 Å². The lowest BCUT2D eigenvalue weighted by molar-refractivity contribution is -0.385. The van der Waals surface area contributed by atoms with E-state index in [9.17, 15) is 14.9 Å². The summed E-state index contributed by atoms with van der Waals surface area (Å²) in [5.74, 6) is -0.634. The Hall–Kier alpha value is -2.74. The molecule has 1 aromatic rings. The standard InChI is InChI=1S/C14H16N4O4/c1-17(2)8-7-15-9-11-13(16-22-14(11)19)10-5-3-4-6-12(10)18(20)21/h3-6,9,15H,7-8H2,1-2H3. The minimum Gasteiger partial charge on any atom is -0.389 e. The van der Waals surface area contributed by atoms with E-state index in [0.717, 1.165) is 6.54 Å². The van der Waals surface area contributed by atoms with Crippen LogP contribution < -0.4 is 5.32 Å². The van der Waals surface area contributed by atoms with Gasteiger partial charge in [0.2, 0.25) is 0 Å². The van der Waals surface area contributed by atoms with Crippen LogP contribution in [0, 0.1) is 10.1 Å². The van der Waals surface area contributed by atoms with Crippen molar-refractivity contribution in [2.45, 2.75) is 0 Å². The monoisotopic (exact) mass is 304 g/mol. The van der Waals surface area contributed by atoms with Crippen molar-refractivity contribution >= 4 is 17.4 Å². The van der Waals surface area contributed by atoms with Gasteiger partial charge in [-0.15, -0.1) is 0 Å². The number of nitrogens with one attached hydrogen (secondary N) is 1. The first-order valence-electron chi connectivity index (χ1n) is 6.62. The molecule has 116 valence electrons. The Morgan fingerprint density at radius 1 is 1.41 bits per heavy atom. The maximum Gasteiger partial charge on any atom is 0.369 e. The topological polar surface area (TPSA) is 97.1 Å². The Morgan fingerprint density at radius 3 is 2.82 bits per heavy atom. The maximum absolute atomic E-state index is 11.7. The third-order valence-electron chi connectivity index (χ3n) is 3.00. The number of nitro benzene ring substituents is 1. The van der Waals surface area contributed by atoms with Crippen molar-refractivity contribution in [2.24, 2.45) is 5.16 Å². The van der Waals surface area contributed by atoms with Crippen LogP contribution >= 0.6 is 0 Å². The van der Waals surface area contributed by atoms with Gasteiger partial charge in [-0.3, -0.25) is 10.1 Å². The highest BCUT2D eigenvalue weighted by Gasteiger charge is 2.31. The van der Waals surface area contributed by atoms with E-state index in [1.807, 2.05) is 19.0 Å². The number of oxime groups is 1. The fourth-order valence-corrected chi connectivity index (χ4v) is 1.90. The number of hydrogen-bond donors (Lipinski definition) is 1. The molecule has 0 radical (unpaired) electrons. The molecule has 0 saturated heterocycles. The predicted octanol–water partition coefficient (Wildman–Crippen LogP) is 0.891. The summed E-state index contributed by atoms with van der Waals surface area (Å²) in [6.07, 6.45) is 1.48. The van der Waals surface area contributed by atoms with Crippen LogP contribution in [-0.4, -0.2) is 48.7 Å². The van der Waals surface area contributed by atoms with Crippen LogP contribution in [0.15, 0.2) is 41.2 Å². The van der Waals surface area contributed by atoms with E-state index in [2.05, 4.69) is 15.3 Å². The van der Waals surface area contributed by atoms with E-state index in [0.29, 0.717) is 6.54 Å². The highest BCUT2D eigenvalue weighted by molar-refractivity contribution is 6.29. The first-order valence-corrected chi connectivity index (χ1v) is 6.62. The first-order chi connectivity index (χ1) is 10.5. The molecular formula is C14H16N4O4. The molecule has 1 N–H and O–H groups in total. The molecule has 0 atom stereocenters. The minimum atomic E-state index is -0.634. The summed E-state index contributed by atoms with van der Waals surface area (Å²) >= 11 is 0. The molecule has 8 nitrogen and oxygen atoms in total. The molecule has 1 heterocycles. The van der Waals surface area contributed by atoms with E-state index in [1.165, 1.54) is 18.3 Å². The van der Waals surface area contributed by atoms with Gasteiger partial charge in [0.05, 0.1) is 10.5 Å². The average molecular weight is 304 g/mol. The summed E-state index contributed by atoms with van der Waals surface area (Å²) in [5, 5.41) is 17.7. The van der Waals surface area contributed by atoms with Crippen LogP contribution in [0.5, 0.6) is 0 Å². The van der Waals surface area contributed by atoms with E-state index >= 15 is 0 Å². The minimum absolute atomic E-state index is 0.126. The maximum atomic E-state index is 11.7. The fraction of sp³-hybridized carbons (Fsp3) is 0.286. The molecule has 1 aromatic carbocycles. The van der Waals surface area contributed by atoms with Crippen molar-refractivity contribution in [1.82, 2.24) is 10.2 Å². The molecule has 0 aromatic heterocycles. The second-order valence-electron chi connectivity index (χ2n) is 4.91. The van der Waals surface area contributed by atoms with Gasteiger partial charge in [0.15, 0.2) is 0 Å². The SMILES string of the molecule is CN(C)CCNC=C1C(=O)ON=C1c1ccccc1[N+](=O)[O-]. The largest absolute Gasteiger partial charge is 0.389 e. The van der Waals surface area contributed by atoms with E-state index < -0.39 is 10.9 Å². The van der Waals surface area contributed by atoms with Crippen molar-refractivity contribution in [2.75, 3.05) is 27.2 Å². The molecule has 0 spiro atoms. The van der Waals surface area contributed by atoms with Gasteiger partial charge in [-0.25, -0.2) is 4.79 Å². The normalized spacial score (nSPS) is 15.9. The Labute approximate surface area is 127 Å². The molecule has 0 saturated carbocycles. The predicted molar refractivity (Wildman–Crippen MR) is 80.4 cm³/mol. The zero-order valence-electron chi connectivity index (χ0n) is 12.3. The zero-order valence-corrected chi connectivity index (χ0v) is 12.3. The van der Waals surface area contributed by atoms with Crippen LogP contribution in [0.1, 0.15) is 5.56 Å². The summed E-state index contributed by atoms with van der Waals surface area (Å²) in [6, 6.07) is 6.09. The Morgan fingerprint density at radius 2 is 2.14 bits per heavy atom. The third-order valence-corrected chi connectivity index (χ3v) is 3.00. The molecule has 22 heavy (non-hydrogen) atoms. The number of carbonyl (C=O) groups excluding carboxylic acids is 1. The molecular weight excluding hydrogens is 288 g/mol. The highest BCUT2D eigenvalue weighted by atomic mass is 16.7. The number of nitro groups is 1. The summed E-state index contributed by atoms with van der Waals surface area (Å²) < 4.78 is 0. The summed E-state index contributed by atoms with van der Waals surface area (Å²) in [4.78, 5) is 28.9. The van der Waals surface area contributed by atoms with Crippen LogP contribution in [0.25, 0.3) is 0 Å². The lowest BCUT2D eigenvalue weighted by Gasteiger charge is -2.09. The Balaban J connectivity index is 2.25. The Bertz CT molecular complexity index is 652.